The van der Waals surface area contributed by atoms with Crippen molar-refractivity contribution < 1.29 is 4.74 Å². The van der Waals surface area contributed by atoms with Crippen LogP contribution >= 0.6 is 0 Å². The van der Waals surface area contributed by atoms with Gasteiger partial charge in [-0.2, -0.15) is 0 Å². The van der Waals surface area contributed by atoms with E-state index in [1.54, 1.807) is 0 Å². The van der Waals surface area contributed by atoms with Crippen LogP contribution in [0.5, 0.6) is 0 Å². The Morgan fingerprint density at radius 2 is 2.11 bits per heavy atom. The van der Waals surface area contributed by atoms with Crippen LogP contribution < -0.4 is 5.73 Å². The number of hydrogen-bond donors (Lipinski definition) is 1. The monoisotopic (exact) mass is 254 g/mol. The van der Waals surface area contributed by atoms with Gasteiger partial charge < -0.3 is 10.5 Å². The van der Waals surface area contributed by atoms with Gasteiger partial charge in [0, 0.05) is 36.7 Å². The lowest BCUT2D eigenvalue weighted by Gasteiger charge is -2.60. The molecular formula is C15H30N2O. The van der Waals surface area contributed by atoms with Gasteiger partial charge in [0.2, 0.25) is 0 Å². The Bertz CT molecular complexity index is 288. The summed E-state index contributed by atoms with van der Waals surface area (Å²) in [6, 6.07) is 0.491. The molecule has 18 heavy (non-hydrogen) atoms. The Kier molecular flexibility index (Phi) is 4.98. The predicted molar refractivity (Wildman–Crippen MR) is 77.6 cm³/mol. The first-order chi connectivity index (χ1) is 8.28. The van der Waals surface area contributed by atoms with E-state index in [4.69, 9.17) is 10.5 Å². The third-order valence-electron chi connectivity index (χ3n) is 4.58. The fraction of sp³-hybridized carbons (Fsp3) is 0.867. The van der Waals surface area contributed by atoms with Crippen molar-refractivity contribution in [1.29, 1.82) is 0 Å². The van der Waals surface area contributed by atoms with Crippen molar-refractivity contribution in [3.05, 3.63) is 12.7 Å². The van der Waals surface area contributed by atoms with Gasteiger partial charge in [0.1, 0.15) is 0 Å². The second-order valence-electron chi connectivity index (χ2n) is 6.34. The summed E-state index contributed by atoms with van der Waals surface area (Å²) >= 11 is 0. The van der Waals surface area contributed by atoms with Crippen molar-refractivity contribution in [2.24, 2.45) is 11.1 Å². The van der Waals surface area contributed by atoms with E-state index >= 15 is 0 Å². The van der Waals surface area contributed by atoms with Crippen molar-refractivity contribution in [3.8, 4) is 0 Å². The molecule has 1 aliphatic rings. The molecule has 3 heteroatoms. The first-order valence-electron chi connectivity index (χ1n) is 7.04. The van der Waals surface area contributed by atoms with Gasteiger partial charge in [0.15, 0.2) is 0 Å². The summed E-state index contributed by atoms with van der Waals surface area (Å²) < 4.78 is 5.77. The molecule has 2 unspecified atom stereocenters. The zero-order valence-corrected chi connectivity index (χ0v) is 12.7. The summed E-state index contributed by atoms with van der Waals surface area (Å²) in [5.41, 5.74) is 6.50. The summed E-state index contributed by atoms with van der Waals surface area (Å²) in [6.45, 7) is 17.3. The largest absolute Gasteiger partial charge is 0.378 e. The number of ether oxygens (including phenoxy) is 1. The van der Waals surface area contributed by atoms with Crippen LogP contribution in [0.3, 0.4) is 0 Å². The van der Waals surface area contributed by atoms with Crippen molar-refractivity contribution in [2.45, 2.75) is 58.7 Å². The van der Waals surface area contributed by atoms with Crippen molar-refractivity contribution >= 4 is 0 Å². The molecule has 1 rings (SSSR count). The van der Waals surface area contributed by atoms with Crippen molar-refractivity contribution in [2.75, 3.05) is 19.7 Å². The molecule has 2 atom stereocenters. The van der Waals surface area contributed by atoms with E-state index < -0.39 is 0 Å². The molecular weight excluding hydrogens is 224 g/mol. The highest BCUT2D eigenvalue weighted by molar-refractivity contribution is 5.15. The molecule has 0 radical (unpaired) electrons. The molecule has 0 spiro atoms. The molecule has 0 aliphatic heterocycles. The van der Waals surface area contributed by atoms with E-state index in [-0.39, 0.29) is 11.0 Å². The maximum Gasteiger partial charge on any atom is 0.0662 e. The molecule has 0 aromatic heterocycles. The maximum absolute atomic E-state index is 6.61. The number of rotatable bonds is 7. The normalized spacial score (nSPS) is 30.6. The van der Waals surface area contributed by atoms with E-state index in [1.165, 1.54) is 0 Å². The smallest absolute Gasteiger partial charge is 0.0662 e. The minimum atomic E-state index is -0.153. The van der Waals surface area contributed by atoms with Crippen LogP contribution in [0, 0.1) is 5.41 Å². The molecule has 0 aromatic carbocycles. The zero-order chi connectivity index (χ0) is 14.0. The van der Waals surface area contributed by atoms with Crippen LogP contribution in [0.15, 0.2) is 12.7 Å². The van der Waals surface area contributed by atoms with Gasteiger partial charge in [0.25, 0.3) is 0 Å². The van der Waals surface area contributed by atoms with Gasteiger partial charge >= 0.3 is 0 Å². The van der Waals surface area contributed by atoms with Crippen molar-refractivity contribution in [3.63, 3.8) is 0 Å². The molecule has 1 fully saturated rings. The highest BCUT2D eigenvalue weighted by Crippen LogP contribution is 2.50. The molecule has 0 saturated heterocycles. The molecule has 0 amide bonds. The molecule has 106 valence electrons. The maximum atomic E-state index is 6.61. The summed E-state index contributed by atoms with van der Waals surface area (Å²) in [6.07, 6.45) is 3.20. The predicted octanol–water partition coefficient (Wildman–Crippen LogP) is 2.42. The van der Waals surface area contributed by atoms with Gasteiger partial charge in [-0.05, 0) is 27.2 Å². The van der Waals surface area contributed by atoms with Gasteiger partial charge in [-0.15, -0.1) is 6.58 Å². The Morgan fingerprint density at radius 3 is 2.50 bits per heavy atom. The number of nitrogens with two attached hydrogens (primary N) is 1. The van der Waals surface area contributed by atoms with E-state index in [0.29, 0.717) is 12.1 Å². The lowest BCUT2D eigenvalue weighted by atomic mass is 9.54. The second-order valence-corrected chi connectivity index (χ2v) is 6.34. The average molecular weight is 254 g/mol. The van der Waals surface area contributed by atoms with Crippen LogP contribution in [-0.4, -0.2) is 42.3 Å². The SMILES string of the molecule is C=CCN(CC1(N)CC(OCC)C1(C)C)C(C)C. The highest BCUT2D eigenvalue weighted by atomic mass is 16.5. The Balaban J connectivity index is 2.68. The quantitative estimate of drug-likeness (QED) is 0.709. The topological polar surface area (TPSA) is 38.5 Å². The van der Waals surface area contributed by atoms with Crippen LogP contribution in [0.2, 0.25) is 0 Å². The highest BCUT2D eigenvalue weighted by Gasteiger charge is 2.58. The van der Waals surface area contributed by atoms with Crippen LogP contribution in [0.1, 0.15) is 41.0 Å². The van der Waals surface area contributed by atoms with E-state index in [1.807, 2.05) is 13.0 Å². The van der Waals surface area contributed by atoms with Gasteiger partial charge in [-0.25, -0.2) is 0 Å². The van der Waals surface area contributed by atoms with Gasteiger partial charge in [-0.3, -0.25) is 4.90 Å². The third kappa shape index (κ3) is 2.79. The standard InChI is InChI=1S/C15H30N2O/c1-7-9-17(12(3)4)11-15(16)10-13(18-8-2)14(15,5)6/h7,12-13H,1,8-11,16H2,2-6H3. The molecule has 1 saturated carbocycles. The van der Waals surface area contributed by atoms with Gasteiger partial charge in [0.05, 0.1) is 6.10 Å². The Hall–Kier alpha value is -0.380. The van der Waals surface area contributed by atoms with Gasteiger partial charge in [-0.1, -0.05) is 19.9 Å². The first-order valence-corrected chi connectivity index (χ1v) is 7.04. The molecule has 0 bridgehead atoms. The van der Waals surface area contributed by atoms with Crippen LogP contribution in [0.25, 0.3) is 0 Å². The molecule has 3 nitrogen and oxygen atoms in total. The summed E-state index contributed by atoms with van der Waals surface area (Å²) in [4.78, 5) is 2.39. The number of hydrogen-bond acceptors (Lipinski definition) is 3. The average Bonchev–Trinajstić information content (AvgIpc) is 2.28. The Morgan fingerprint density at radius 1 is 1.50 bits per heavy atom. The molecule has 0 heterocycles. The third-order valence-corrected chi connectivity index (χ3v) is 4.58. The minimum Gasteiger partial charge on any atom is -0.378 e. The first kappa shape index (κ1) is 15.7. The molecule has 0 aromatic rings. The Labute approximate surface area is 112 Å². The molecule has 1 aliphatic carbocycles. The number of nitrogens with zero attached hydrogens (tertiary/aromatic N) is 1. The fourth-order valence-electron chi connectivity index (χ4n) is 2.76. The lowest BCUT2D eigenvalue weighted by molar-refractivity contribution is -0.157. The van der Waals surface area contributed by atoms with E-state index in [2.05, 4.69) is 39.2 Å². The van der Waals surface area contributed by atoms with Crippen LogP contribution in [0.4, 0.5) is 0 Å². The summed E-state index contributed by atoms with van der Waals surface area (Å²) in [5, 5.41) is 0. The fourth-order valence-corrected chi connectivity index (χ4v) is 2.76. The van der Waals surface area contributed by atoms with E-state index in [0.717, 1.165) is 26.1 Å². The molecule has 2 N–H and O–H groups in total. The summed E-state index contributed by atoms with van der Waals surface area (Å²) in [7, 11) is 0. The lowest BCUT2D eigenvalue weighted by Crippen LogP contribution is -2.73. The van der Waals surface area contributed by atoms with E-state index in [9.17, 15) is 0 Å². The summed E-state index contributed by atoms with van der Waals surface area (Å²) in [5.74, 6) is 0. The van der Waals surface area contributed by atoms with Crippen molar-refractivity contribution in [1.82, 2.24) is 4.90 Å². The zero-order valence-electron chi connectivity index (χ0n) is 12.7. The minimum absolute atomic E-state index is 0.0390. The second kappa shape index (κ2) is 5.72. The van der Waals surface area contributed by atoms with Crippen LogP contribution in [-0.2, 0) is 4.74 Å².